The Morgan fingerprint density at radius 3 is 2.58 bits per heavy atom. The lowest BCUT2D eigenvalue weighted by Gasteiger charge is -2.18. The second-order valence-electron chi connectivity index (χ2n) is 5.14. The van der Waals surface area contributed by atoms with Crippen LogP contribution in [0, 0.1) is 0 Å². The molecule has 0 saturated carbocycles. The van der Waals surface area contributed by atoms with Crippen molar-refractivity contribution in [1.82, 2.24) is 5.32 Å². The second-order valence-corrected chi connectivity index (χ2v) is 5.14. The van der Waals surface area contributed by atoms with E-state index in [0.29, 0.717) is 17.2 Å². The molecule has 24 heavy (non-hydrogen) atoms. The quantitative estimate of drug-likeness (QED) is 0.621. The molecule has 0 aliphatic carbocycles. The topological polar surface area (TPSA) is 94.2 Å². The smallest absolute Gasteiger partial charge is 0.396 e. The van der Waals surface area contributed by atoms with Crippen molar-refractivity contribution < 1.29 is 28.6 Å². The first-order valence-corrected chi connectivity index (χ1v) is 7.50. The van der Waals surface area contributed by atoms with Crippen LogP contribution in [0.25, 0.3) is 0 Å². The number of benzene rings is 1. The van der Waals surface area contributed by atoms with Gasteiger partial charge < -0.3 is 24.4 Å². The van der Waals surface area contributed by atoms with Gasteiger partial charge in [0.25, 0.3) is 0 Å². The normalized spacial score (nSPS) is 16.7. The molecule has 1 aromatic rings. The molecule has 1 fully saturated rings. The third-order valence-corrected chi connectivity index (χ3v) is 3.60. The van der Waals surface area contributed by atoms with Crippen LogP contribution < -0.4 is 19.7 Å². The largest absolute Gasteiger partial charge is 0.493 e. The Bertz CT molecular complexity index is 645. The zero-order valence-corrected chi connectivity index (χ0v) is 13.8. The van der Waals surface area contributed by atoms with E-state index in [1.165, 1.54) is 19.1 Å². The first-order valence-electron chi connectivity index (χ1n) is 7.50. The molecular formula is C16H20N2O6. The average Bonchev–Trinajstić information content (AvgIpc) is 2.94. The van der Waals surface area contributed by atoms with E-state index >= 15 is 0 Å². The van der Waals surface area contributed by atoms with E-state index in [1.807, 2.05) is 0 Å². The second kappa shape index (κ2) is 7.67. The first kappa shape index (κ1) is 17.6. The molecule has 8 heteroatoms. The summed E-state index contributed by atoms with van der Waals surface area (Å²) in [6, 6.07) is 4.66. The number of amides is 2. The van der Waals surface area contributed by atoms with Gasteiger partial charge >= 0.3 is 11.9 Å². The summed E-state index contributed by atoms with van der Waals surface area (Å²) in [6.07, 6.45) is 0.111. The molecule has 0 aromatic heterocycles. The first-order chi connectivity index (χ1) is 11.5. The van der Waals surface area contributed by atoms with E-state index in [-0.39, 0.29) is 25.5 Å². The van der Waals surface area contributed by atoms with Crippen molar-refractivity contribution in [3.05, 3.63) is 18.2 Å². The maximum atomic E-state index is 12.2. The lowest BCUT2D eigenvalue weighted by Crippen LogP contribution is -2.41. The van der Waals surface area contributed by atoms with Crippen LogP contribution in [-0.4, -0.2) is 51.2 Å². The number of rotatable bonds is 5. The molecule has 0 spiro atoms. The zero-order valence-electron chi connectivity index (χ0n) is 13.8. The van der Waals surface area contributed by atoms with Crippen LogP contribution in [0.1, 0.15) is 13.3 Å². The summed E-state index contributed by atoms with van der Waals surface area (Å²) in [5, 5.41) is 2.51. The SMILES string of the molecule is CCOC(=O)C(=O)N[C@@H]1CC(=O)N(c2ccc(OC)c(OC)c2)C1. The fourth-order valence-electron chi connectivity index (χ4n) is 2.49. The molecule has 1 N–H and O–H groups in total. The van der Waals surface area contributed by atoms with Crippen molar-refractivity contribution in [3.8, 4) is 11.5 Å². The van der Waals surface area contributed by atoms with E-state index in [9.17, 15) is 14.4 Å². The number of nitrogens with zero attached hydrogens (tertiary/aromatic N) is 1. The molecule has 130 valence electrons. The van der Waals surface area contributed by atoms with Crippen LogP contribution in [0.2, 0.25) is 0 Å². The van der Waals surface area contributed by atoms with E-state index in [1.54, 1.807) is 25.1 Å². The minimum absolute atomic E-state index is 0.111. The monoisotopic (exact) mass is 336 g/mol. The molecule has 8 nitrogen and oxygen atoms in total. The number of ether oxygens (including phenoxy) is 3. The predicted octanol–water partition coefficient (Wildman–Crippen LogP) is 0.488. The standard InChI is InChI=1S/C16H20N2O6/c1-4-24-16(21)15(20)17-10-7-14(19)18(9-10)11-5-6-12(22-2)13(8-11)23-3/h5-6,8,10H,4,7,9H2,1-3H3,(H,17,20)/t10-/m1/s1. The van der Waals surface area contributed by atoms with Crippen molar-refractivity contribution in [2.75, 3.05) is 32.3 Å². The number of carbonyl (C=O) groups is 3. The zero-order chi connectivity index (χ0) is 17.7. The van der Waals surface area contributed by atoms with E-state index in [2.05, 4.69) is 10.1 Å². The van der Waals surface area contributed by atoms with E-state index < -0.39 is 17.9 Å². The molecular weight excluding hydrogens is 316 g/mol. The van der Waals surface area contributed by atoms with Crippen molar-refractivity contribution in [2.24, 2.45) is 0 Å². The number of nitrogens with one attached hydrogen (secondary N) is 1. The molecule has 0 bridgehead atoms. The molecule has 2 amide bonds. The van der Waals surface area contributed by atoms with Crippen LogP contribution >= 0.6 is 0 Å². The van der Waals surface area contributed by atoms with Gasteiger partial charge in [-0.2, -0.15) is 0 Å². The summed E-state index contributed by atoms with van der Waals surface area (Å²) in [5.41, 5.74) is 0.630. The number of carbonyl (C=O) groups excluding carboxylic acids is 3. The molecule has 1 aliphatic heterocycles. The summed E-state index contributed by atoms with van der Waals surface area (Å²) in [7, 11) is 3.04. The Kier molecular flexibility index (Phi) is 5.62. The fraction of sp³-hybridized carbons (Fsp3) is 0.438. The van der Waals surface area contributed by atoms with Crippen molar-refractivity contribution in [2.45, 2.75) is 19.4 Å². The minimum Gasteiger partial charge on any atom is -0.493 e. The minimum atomic E-state index is -0.950. The summed E-state index contributed by atoms with van der Waals surface area (Å²) in [4.78, 5) is 36.8. The summed E-state index contributed by atoms with van der Waals surface area (Å²) in [6.45, 7) is 2.00. The molecule has 0 radical (unpaired) electrons. The van der Waals surface area contributed by atoms with Crippen molar-refractivity contribution >= 4 is 23.5 Å². The number of anilines is 1. The van der Waals surface area contributed by atoms with Gasteiger partial charge in [0.1, 0.15) is 0 Å². The van der Waals surface area contributed by atoms with Gasteiger partial charge in [-0.1, -0.05) is 0 Å². The van der Waals surface area contributed by atoms with Gasteiger partial charge in [-0.3, -0.25) is 9.59 Å². The van der Waals surface area contributed by atoms with Crippen LogP contribution in [0.4, 0.5) is 5.69 Å². The Morgan fingerprint density at radius 1 is 1.25 bits per heavy atom. The van der Waals surface area contributed by atoms with Crippen molar-refractivity contribution in [3.63, 3.8) is 0 Å². The Balaban J connectivity index is 2.07. The highest BCUT2D eigenvalue weighted by atomic mass is 16.5. The molecule has 2 rings (SSSR count). The number of hydrogen-bond acceptors (Lipinski definition) is 6. The van der Waals surface area contributed by atoms with Gasteiger partial charge in [0.05, 0.1) is 26.9 Å². The highest BCUT2D eigenvalue weighted by molar-refractivity contribution is 6.32. The van der Waals surface area contributed by atoms with Gasteiger partial charge in [0.2, 0.25) is 5.91 Å². The Labute approximate surface area is 139 Å². The molecule has 0 unspecified atom stereocenters. The highest BCUT2D eigenvalue weighted by Gasteiger charge is 2.33. The Hall–Kier alpha value is -2.77. The fourth-order valence-corrected chi connectivity index (χ4v) is 2.49. The molecule has 1 heterocycles. The third kappa shape index (κ3) is 3.76. The van der Waals surface area contributed by atoms with Gasteiger partial charge in [-0.05, 0) is 19.1 Å². The number of hydrogen-bond donors (Lipinski definition) is 1. The van der Waals surface area contributed by atoms with E-state index in [4.69, 9.17) is 9.47 Å². The maximum absolute atomic E-state index is 12.2. The number of methoxy groups -OCH3 is 2. The molecule has 1 saturated heterocycles. The summed E-state index contributed by atoms with van der Waals surface area (Å²) in [5.74, 6) is -0.892. The molecule has 1 atom stereocenters. The summed E-state index contributed by atoms with van der Waals surface area (Å²) >= 11 is 0. The van der Waals surface area contributed by atoms with Gasteiger partial charge in [-0.25, -0.2) is 4.79 Å². The van der Waals surface area contributed by atoms with Crippen molar-refractivity contribution in [1.29, 1.82) is 0 Å². The molecule has 1 aliphatic rings. The lowest BCUT2D eigenvalue weighted by molar-refractivity contribution is -0.154. The average molecular weight is 336 g/mol. The molecule has 1 aromatic carbocycles. The van der Waals surface area contributed by atoms with Crippen LogP contribution in [0.5, 0.6) is 11.5 Å². The van der Waals surface area contributed by atoms with Crippen LogP contribution in [0.15, 0.2) is 18.2 Å². The Morgan fingerprint density at radius 2 is 1.96 bits per heavy atom. The van der Waals surface area contributed by atoms with Crippen LogP contribution in [0.3, 0.4) is 0 Å². The van der Waals surface area contributed by atoms with Gasteiger partial charge in [0.15, 0.2) is 11.5 Å². The van der Waals surface area contributed by atoms with Crippen LogP contribution in [-0.2, 0) is 19.1 Å². The number of esters is 1. The third-order valence-electron chi connectivity index (χ3n) is 3.60. The van der Waals surface area contributed by atoms with Gasteiger partial charge in [-0.15, -0.1) is 0 Å². The summed E-state index contributed by atoms with van der Waals surface area (Å²) < 4.78 is 15.0. The predicted molar refractivity (Wildman–Crippen MR) is 85.1 cm³/mol. The lowest BCUT2D eigenvalue weighted by atomic mass is 10.2. The highest BCUT2D eigenvalue weighted by Crippen LogP contribution is 2.33. The van der Waals surface area contributed by atoms with E-state index in [0.717, 1.165) is 0 Å². The van der Waals surface area contributed by atoms with Gasteiger partial charge in [0, 0.05) is 24.7 Å². The maximum Gasteiger partial charge on any atom is 0.396 e.